The molecule has 3 heterocycles. The van der Waals surface area contributed by atoms with E-state index in [2.05, 4.69) is 14.8 Å². The summed E-state index contributed by atoms with van der Waals surface area (Å²) in [4.78, 5) is 24.1. The van der Waals surface area contributed by atoms with Crippen molar-refractivity contribution in [2.45, 2.75) is 26.0 Å². The van der Waals surface area contributed by atoms with Crippen LogP contribution in [0.5, 0.6) is 11.5 Å². The first kappa shape index (κ1) is 21.6. The Morgan fingerprint density at radius 3 is 2.88 bits per heavy atom. The highest BCUT2D eigenvalue weighted by Gasteiger charge is 2.26. The number of hydrogen-bond acceptors (Lipinski definition) is 7. The van der Waals surface area contributed by atoms with E-state index in [1.165, 1.54) is 0 Å². The molecule has 8 heteroatoms. The number of methoxy groups -OCH3 is 1. The van der Waals surface area contributed by atoms with Crippen LogP contribution in [0.1, 0.15) is 18.9 Å². The lowest BCUT2D eigenvalue weighted by Gasteiger charge is -2.26. The molecular weight excluding hydrogens is 420 g/mol. The van der Waals surface area contributed by atoms with Gasteiger partial charge in [-0.1, -0.05) is 18.2 Å². The smallest absolute Gasteiger partial charge is 0.298 e. The molecule has 174 valence electrons. The van der Waals surface area contributed by atoms with Gasteiger partial charge in [-0.05, 0) is 31.5 Å². The maximum absolute atomic E-state index is 13.2. The van der Waals surface area contributed by atoms with Crippen molar-refractivity contribution in [2.24, 2.45) is 0 Å². The Morgan fingerprint density at radius 2 is 2.03 bits per heavy atom. The average Bonchev–Trinajstić information content (AvgIpc) is 2.98. The van der Waals surface area contributed by atoms with Crippen LogP contribution >= 0.6 is 0 Å². The second-order valence-corrected chi connectivity index (χ2v) is 8.76. The molecule has 33 heavy (non-hydrogen) atoms. The van der Waals surface area contributed by atoms with Crippen LogP contribution in [0.15, 0.2) is 46.9 Å². The molecular formula is C25H30N4O4. The Bertz CT molecular complexity index is 1100. The summed E-state index contributed by atoms with van der Waals surface area (Å²) in [5.41, 5.74) is 2.73. The Labute approximate surface area is 193 Å². The Kier molecular flexibility index (Phi) is 6.09. The largest absolute Gasteiger partial charge is 0.497 e. The summed E-state index contributed by atoms with van der Waals surface area (Å²) in [6.07, 6.45) is 0.872. The molecule has 0 bridgehead atoms. The predicted octanol–water partition coefficient (Wildman–Crippen LogP) is 3.16. The van der Waals surface area contributed by atoms with Crippen molar-refractivity contribution >= 4 is 23.0 Å². The SMILES string of the molecule is COc1ccc2c(c1)OC(C)CN(CC(=O)N1CCCN(c3nc4ccccc4o3)CC1)C2. The molecule has 5 rings (SSSR count). The molecule has 2 aliphatic heterocycles. The van der Waals surface area contributed by atoms with E-state index >= 15 is 0 Å². The molecule has 8 nitrogen and oxygen atoms in total. The second kappa shape index (κ2) is 9.31. The van der Waals surface area contributed by atoms with Gasteiger partial charge in [-0.3, -0.25) is 9.69 Å². The summed E-state index contributed by atoms with van der Waals surface area (Å²) in [7, 11) is 1.65. The highest BCUT2D eigenvalue weighted by molar-refractivity contribution is 5.78. The fourth-order valence-corrected chi connectivity index (χ4v) is 4.59. The number of benzene rings is 2. The monoisotopic (exact) mass is 450 g/mol. The van der Waals surface area contributed by atoms with E-state index in [9.17, 15) is 4.79 Å². The van der Waals surface area contributed by atoms with Crippen molar-refractivity contribution in [1.82, 2.24) is 14.8 Å². The molecule has 0 N–H and O–H groups in total. The highest BCUT2D eigenvalue weighted by Crippen LogP contribution is 2.29. The zero-order chi connectivity index (χ0) is 22.8. The average molecular weight is 451 g/mol. The standard InChI is InChI=1S/C25H30N4O4/c1-18-15-27(16-19-8-9-20(31-2)14-23(19)32-18)17-24(30)28-10-5-11-29(13-12-28)25-26-21-6-3-4-7-22(21)33-25/h3-4,6-9,14,18H,5,10-13,15-17H2,1-2H3. The number of carbonyl (C=O) groups excluding carboxylic acids is 1. The van der Waals surface area contributed by atoms with Gasteiger partial charge in [-0.25, -0.2) is 0 Å². The van der Waals surface area contributed by atoms with Crippen LogP contribution in [0.3, 0.4) is 0 Å². The van der Waals surface area contributed by atoms with Crippen LogP contribution < -0.4 is 14.4 Å². The number of rotatable bonds is 4. The predicted molar refractivity (Wildman–Crippen MR) is 126 cm³/mol. The van der Waals surface area contributed by atoms with Gasteiger partial charge in [0.05, 0.1) is 13.7 Å². The molecule has 2 aromatic carbocycles. The molecule has 0 radical (unpaired) electrons. The van der Waals surface area contributed by atoms with E-state index in [1.807, 2.05) is 54.3 Å². The number of anilines is 1. The highest BCUT2D eigenvalue weighted by atomic mass is 16.5. The zero-order valence-electron chi connectivity index (χ0n) is 19.2. The van der Waals surface area contributed by atoms with Crippen LogP contribution in [-0.2, 0) is 11.3 Å². The molecule has 1 fully saturated rings. The number of aromatic nitrogens is 1. The van der Waals surface area contributed by atoms with E-state index < -0.39 is 0 Å². The number of fused-ring (bicyclic) bond motifs is 2. The minimum atomic E-state index is -0.00931. The number of para-hydroxylation sites is 2. The second-order valence-electron chi connectivity index (χ2n) is 8.76. The topological polar surface area (TPSA) is 71.3 Å². The molecule has 0 saturated carbocycles. The van der Waals surface area contributed by atoms with Crippen molar-refractivity contribution in [2.75, 3.05) is 51.3 Å². The molecule has 1 saturated heterocycles. The lowest BCUT2D eigenvalue weighted by molar-refractivity contribution is -0.132. The molecule has 1 unspecified atom stereocenters. The minimum Gasteiger partial charge on any atom is -0.497 e. The maximum atomic E-state index is 13.2. The van der Waals surface area contributed by atoms with Gasteiger partial charge in [0.15, 0.2) is 5.58 Å². The van der Waals surface area contributed by atoms with E-state index in [0.29, 0.717) is 38.7 Å². The lowest BCUT2D eigenvalue weighted by atomic mass is 10.2. The molecule has 0 aliphatic carbocycles. The number of ether oxygens (including phenoxy) is 2. The summed E-state index contributed by atoms with van der Waals surface area (Å²) < 4.78 is 17.4. The zero-order valence-corrected chi connectivity index (χ0v) is 19.2. The molecule has 1 aromatic heterocycles. The van der Waals surface area contributed by atoms with Crippen LogP contribution in [0.4, 0.5) is 6.01 Å². The summed E-state index contributed by atoms with van der Waals surface area (Å²) in [5.74, 6) is 1.76. The third-order valence-electron chi connectivity index (χ3n) is 6.27. The first-order chi connectivity index (χ1) is 16.1. The summed E-state index contributed by atoms with van der Waals surface area (Å²) in [6.45, 7) is 6.72. The molecule has 1 amide bonds. The van der Waals surface area contributed by atoms with E-state index in [4.69, 9.17) is 13.9 Å². The maximum Gasteiger partial charge on any atom is 0.298 e. The Morgan fingerprint density at radius 1 is 1.15 bits per heavy atom. The van der Waals surface area contributed by atoms with Crippen LogP contribution in [0.25, 0.3) is 11.1 Å². The van der Waals surface area contributed by atoms with Crippen LogP contribution in [0.2, 0.25) is 0 Å². The van der Waals surface area contributed by atoms with Crippen LogP contribution in [-0.4, -0.2) is 73.2 Å². The minimum absolute atomic E-state index is 0.00931. The quantitative estimate of drug-likeness (QED) is 0.605. The van der Waals surface area contributed by atoms with Gasteiger partial charge in [-0.15, -0.1) is 0 Å². The summed E-state index contributed by atoms with van der Waals surface area (Å²) in [5, 5.41) is 0. The first-order valence-electron chi connectivity index (χ1n) is 11.5. The van der Waals surface area contributed by atoms with Crippen molar-refractivity contribution < 1.29 is 18.7 Å². The van der Waals surface area contributed by atoms with Crippen molar-refractivity contribution in [1.29, 1.82) is 0 Å². The van der Waals surface area contributed by atoms with Gasteiger partial charge in [0.25, 0.3) is 6.01 Å². The van der Waals surface area contributed by atoms with Crippen LogP contribution in [0, 0.1) is 0 Å². The van der Waals surface area contributed by atoms with Crippen molar-refractivity contribution in [3.05, 3.63) is 48.0 Å². The van der Waals surface area contributed by atoms with Gasteiger partial charge >= 0.3 is 0 Å². The van der Waals surface area contributed by atoms with Gasteiger partial charge < -0.3 is 23.7 Å². The van der Waals surface area contributed by atoms with E-state index in [1.54, 1.807) is 7.11 Å². The van der Waals surface area contributed by atoms with Gasteiger partial charge in [0, 0.05) is 50.9 Å². The Balaban J connectivity index is 1.22. The molecule has 2 aliphatic rings. The number of amides is 1. The van der Waals surface area contributed by atoms with Crippen molar-refractivity contribution in [3.63, 3.8) is 0 Å². The van der Waals surface area contributed by atoms with Gasteiger partial charge in [-0.2, -0.15) is 4.98 Å². The number of oxazole rings is 1. The molecule has 3 aromatic rings. The number of nitrogens with zero attached hydrogens (tertiary/aromatic N) is 4. The number of hydrogen-bond donors (Lipinski definition) is 0. The van der Waals surface area contributed by atoms with E-state index in [0.717, 1.165) is 47.7 Å². The van der Waals surface area contributed by atoms with Gasteiger partial charge in [0.2, 0.25) is 5.91 Å². The van der Waals surface area contributed by atoms with E-state index in [-0.39, 0.29) is 12.0 Å². The number of carbonyl (C=O) groups is 1. The first-order valence-corrected chi connectivity index (χ1v) is 11.5. The fourth-order valence-electron chi connectivity index (χ4n) is 4.59. The summed E-state index contributed by atoms with van der Waals surface area (Å²) >= 11 is 0. The molecule has 0 spiro atoms. The van der Waals surface area contributed by atoms with Crippen molar-refractivity contribution in [3.8, 4) is 11.5 Å². The summed E-state index contributed by atoms with van der Waals surface area (Å²) in [6, 6.07) is 14.3. The fraction of sp³-hybridized carbons (Fsp3) is 0.440. The lowest BCUT2D eigenvalue weighted by Crippen LogP contribution is -2.43. The Hall–Kier alpha value is -3.26. The normalized spacial score (nSPS) is 19.5. The third-order valence-corrected chi connectivity index (χ3v) is 6.27. The van der Waals surface area contributed by atoms with Gasteiger partial charge in [0.1, 0.15) is 23.1 Å². The molecule has 1 atom stereocenters. The third kappa shape index (κ3) is 4.75.